The largest absolute Gasteiger partial charge is 0.423 e. The lowest BCUT2D eigenvalue weighted by atomic mass is 10.1. The summed E-state index contributed by atoms with van der Waals surface area (Å²) < 4.78 is 11.1. The second-order valence-corrected chi connectivity index (χ2v) is 6.46. The molecule has 2 aliphatic heterocycles. The highest BCUT2D eigenvalue weighted by atomic mass is 16.5. The number of carbonyl (C=O) groups is 1. The highest BCUT2D eigenvalue weighted by Gasteiger charge is 2.34. The lowest BCUT2D eigenvalue weighted by Crippen LogP contribution is -2.50. The van der Waals surface area contributed by atoms with Gasteiger partial charge in [0.1, 0.15) is 6.07 Å². The zero-order chi connectivity index (χ0) is 15.8. The number of carbonyl (C=O) groups excluding carboxylic acids is 1. The molecule has 0 aromatic carbocycles. The molecule has 4 rings (SSSR count). The fourth-order valence-electron chi connectivity index (χ4n) is 3.24. The molecule has 2 saturated heterocycles. The van der Waals surface area contributed by atoms with Gasteiger partial charge in [0.05, 0.1) is 12.5 Å². The maximum absolute atomic E-state index is 12.4. The Morgan fingerprint density at radius 3 is 2.61 bits per heavy atom. The number of oxazole rings is 1. The van der Waals surface area contributed by atoms with E-state index in [1.165, 1.54) is 0 Å². The predicted molar refractivity (Wildman–Crippen MR) is 80.9 cm³/mol. The predicted octanol–water partition coefficient (Wildman–Crippen LogP) is 1.11. The zero-order valence-electron chi connectivity index (χ0n) is 13.0. The number of piperazine rings is 1. The van der Waals surface area contributed by atoms with Crippen LogP contribution in [0.25, 0.3) is 0 Å². The summed E-state index contributed by atoms with van der Waals surface area (Å²) in [6.45, 7) is 3.88. The Morgan fingerprint density at radius 1 is 1.22 bits per heavy atom. The Morgan fingerprint density at radius 2 is 2.00 bits per heavy atom. The van der Waals surface area contributed by atoms with Gasteiger partial charge >= 0.3 is 0 Å². The van der Waals surface area contributed by atoms with E-state index >= 15 is 0 Å². The molecule has 0 radical (unpaired) electrons. The zero-order valence-corrected chi connectivity index (χ0v) is 13.0. The van der Waals surface area contributed by atoms with E-state index in [0.717, 1.165) is 19.3 Å². The molecule has 0 N–H and O–H groups in total. The van der Waals surface area contributed by atoms with E-state index in [1.807, 2.05) is 9.80 Å². The van der Waals surface area contributed by atoms with Crippen LogP contribution < -0.4 is 4.90 Å². The molecule has 1 aliphatic carbocycles. The van der Waals surface area contributed by atoms with Crippen LogP contribution in [0.15, 0.2) is 4.42 Å². The summed E-state index contributed by atoms with van der Waals surface area (Å²) in [6.07, 6.45) is 3.01. The Kier molecular flexibility index (Phi) is 3.69. The smallest absolute Gasteiger partial charge is 0.234 e. The van der Waals surface area contributed by atoms with E-state index in [2.05, 4.69) is 11.1 Å². The van der Waals surface area contributed by atoms with Gasteiger partial charge in [0, 0.05) is 38.7 Å². The molecule has 1 unspecified atom stereocenters. The van der Waals surface area contributed by atoms with E-state index < -0.39 is 0 Å². The molecule has 23 heavy (non-hydrogen) atoms. The highest BCUT2D eigenvalue weighted by Crippen LogP contribution is 2.41. The van der Waals surface area contributed by atoms with Crippen molar-refractivity contribution in [2.24, 2.45) is 5.92 Å². The molecule has 1 amide bonds. The number of hydrogen-bond donors (Lipinski definition) is 0. The minimum absolute atomic E-state index is 0.0166. The molecule has 7 heteroatoms. The SMILES string of the molecule is N#Cc1nc(C2CC2)oc1N1CCN(C(=O)C2CCOC2)CC1. The summed E-state index contributed by atoms with van der Waals surface area (Å²) >= 11 is 0. The topological polar surface area (TPSA) is 82.6 Å². The molecule has 1 saturated carbocycles. The molecular weight excluding hydrogens is 296 g/mol. The molecule has 3 aliphatic rings. The van der Waals surface area contributed by atoms with Crippen molar-refractivity contribution >= 4 is 11.8 Å². The first kappa shape index (κ1) is 14.5. The molecule has 3 fully saturated rings. The second kappa shape index (κ2) is 5.85. The number of aromatic nitrogens is 1. The first-order chi connectivity index (χ1) is 11.3. The molecule has 0 spiro atoms. The number of nitrogens with zero attached hydrogens (tertiary/aromatic N) is 4. The third-order valence-corrected chi connectivity index (χ3v) is 4.82. The van der Waals surface area contributed by atoms with Crippen molar-refractivity contribution in [3.63, 3.8) is 0 Å². The van der Waals surface area contributed by atoms with E-state index in [0.29, 0.717) is 62.8 Å². The van der Waals surface area contributed by atoms with Gasteiger partial charge in [0.25, 0.3) is 0 Å². The van der Waals surface area contributed by atoms with Crippen LogP contribution in [-0.2, 0) is 9.53 Å². The third kappa shape index (κ3) is 2.79. The van der Waals surface area contributed by atoms with Gasteiger partial charge in [-0.25, -0.2) is 4.98 Å². The molecule has 122 valence electrons. The van der Waals surface area contributed by atoms with Crippen LogP contribution in [0, 0.1) is 17.2 Å². The van der Waals surface area contributed by atoms with Crippen LogP contribution in [0.5, 0.6) is 0 Å². The molecule has 3 heterocycles. The Hall–Kier alpha value is -2.07. The summed E-state index contributed by atoms with van der Waals surface area (Å²) in [5.41, 5.74) is 0.371. The molecule has 1 aromatic rings. The van der Waals surface area contributed by atoms with Crippen LogP contribution in [0.1, 0.15) is 36.8 Å². The third-order valence-electron chi connectivity index (χ3n) is 4.82. The average Bonchev–Trinajstić information content (AvgIpc) is 3.14. The first-order valence-electron chi connectivity index (χ1n) is 8.28. The Bertz CT molecular complexity index is 632. The van der Waals surface area contributed by atoms with Gasteiger partial charge in [0.15, 0.2) is 0 Å². The van der Waals surface area contributed by atoms with Crippen LogP contribution in [0.2, 0.25) is 0 Å². The monoisotopic (exact) mass is 316 g/mol. The van der Waals surface area contributed by atoms with Crippen molar-refractivity contribution in [1.82, 2.24) is 9.88 Å². The maximum Gasteiger partial charge on any atom is 0.234 e. The molecular formula is C16H20N4O3. The molecule has 1 aromatic heterocycles. The van der Waals surface area contributed by atoms with Gasteiger partial charge < -0.3 is 19.0 Å². The van der Waals surface area contributed by atoms with E-state index in [-0.39, 0.29) is 11.8 Å². The highest BCUT2D eigenvalue weighted by molar-refractivity contribution is 5.79. The number of amides is 1. The lowest BCUT2D eigenvalue weighted by Gasteiger charge is -2.35. The Balaban J connectivity index is 1.41. The normalized spacial score (nSPS) is 24.7. The van der Waals surface area contributed by atoms with Crippen molar-refractivity contribution in [1.29, 1.82) is 5.26 Å². The first-order valence-corrected chi connectivity index (χ1v) is 8.28. The fraction of sp³-hybridized carbons (Fsp3) is 0.688. The number of nitriles is 1. The van der Waals surface area contributed by atoms with Crippen LogP contribution in [-0.4, -0.2) is 55.2 Å². The summed E-state index contributed by atoms with van der Waals surface area (Å²) in [4.78, 5) is 20.7. The molecule has 0 bridgehead atoms. The van der Waals surface area contributed by atoms with Gasteiger partial charge in [-0.1, -0.05) is 0 Å². The van der Waals surface area contributed by atoms with Crippen molar-refractivity contribution < 1.29 is 13.9 Å². The van der Waals surface area contributed by atoms with Crippen molar-refractivity contribution in [3.8, 4) is 6.07 Å². The number of rotatable bonds is 3. The second-order valence-electron chi connectivity index (χ2n) is 6.46. The summed E-state index contributed by atoms with van der Waals surface area (Å²) in [6, 6.07) is 2.13. The van der Waals surface area contributed by atoms with Crippen LogP contribution in [0.4, 0.5) is 5.88 Å². The quantitative estimate of drug-likeness (QED) is 0.831. The lowest BCUT2D eigenvalue weighted by molar-refractivity contribution is -0.135. The number of ether oxygens (including phenoxy) is 1. The standard InChI is InChI=1S/C16H20N4O3/c17-9-13-16(23-14(18-13)11-1-2-11)20-6-4-19(5-7-20)15(21)12-3-8-22-10-12/h11-12H,1-8,10H2. The molecule has 7 nitrogen and oxygen atoms in total. The molecule has 1 atom stereocenters. The van der Waals surface area contributed by atoms with Crippen molar-refractivity contribution in [2.75, 3.05) is 44.3 Å². The summed E-state index contributed by atoms with van der Waals surface area (Å²) in [5, 5.41) is 9.27. The van der Waals surface area contributed by atoms with Gasteiger partial charge in [0.2, 0.25) is 23.4 Å². The average molecular weight is 316 g/mol. The fourth-order valence-corrected chi connectivity index (χ4v) is 3.24. The van der Waals surface area contributed by atoms with Gasteiger partial charge in [-0.15, -0.1) is 0 Å². The minimum Gasteiger partial charge on any atom is -0.423 e. The van der Waals surface area contributed by atoms with Crippen LogP contribution in [0.3, 0.4) is 0 Å². The Labute approximate surface area is 134 Å². The summed E-state index contributed by atoms with van der Waals surface area (Å²) in [7, 11) is 0. The van der Waals surface area contributed by atoms with Gasteiger partial charge in [-0.05, 0) is 19.3 Å². The van der Waals surface area contributed by atoms with E-state index in [1.54, 1.807) is 0 Å². The maximum atomic E-state index is 12.4. The van der Waals surface area contributed by atoms with E-state index in [9.17, 15) is 10.1 Å². The minimum atomic E-state index is 0.0166. The summed E-state index contributed by atoms with van der Waals surface area (Å²) in [5.74, 6) is 1.87. The van der Waals surface area contributed by atoms with Crippen molar-refractivity contribution in [3.05, 3.63) is 11.6 Å². The number of anilines is 1. The van der Waals surface area contributed by atoms with E-state index in [4.69, 9.17) is 9.15 Å². The van der Waals surface area contributed by atoms with Crippen LogP contribution >= 0.6 is 0 Å². The number of hydrogen-bond acceptors (Lipinski definition) is 6. The van der Waals surface area contributed by atoms with Gasteiger partial charge in [-0.2, -0.15) is 5.26 Å². The van der Waals surface area contributed by atoms with Crippen molar-refractivity contribution in [2.45, 2.75) is 25.2 Å². The van der Waals surface area contributed by atoms with Gasteiger partial charge in [-0.3, -0.25) is 4.79 Å².